The van der Waals surface area contributed by atoms with Gasteiger partial charge in [0.2, 0.25) is 5.95 Å². The summed E-state index contributed by atoms with van der Waals surface area (Å²) in [6, 6.07) is 8.54. The molecule has 1 amide bonds. The van der Waals surface area contributed by atoms with Gasteiger partial charge in [0, 0.05) is 56.2 Å². The van der Waals surface area contributed by atoms with E-state index in [4.69, 9.17) is 4.84 Å². The summed E-state index contributed by atoms with van der Waals surface area (Å²) in [5, 5.41) is 4.97. The molecule has 3 heterocycles. The van der Waals surface area contributed by atoms with E-state index in [0.29, 0.717) is 17.4 Å². The Hall–Kier alpha value is -1.92. The number of piperidine rings is 1. The quantitative estimate of drug-likeness (QED) is 0.180. The molecule has 2 aromatic heterocycles. The number of aryl methyl sites for hydroxylation is 1. The normalized spacial score (nSPS) is 14.2. The van der Waals surface area contributed by atoms with Gasteiger partial charge in [-0.2, -0.15) is 19.4 Å². The number of anilines is 1. The van der Waals surface area contributed by atoms with Gasteiger partial charge in [0.15, 0.2) is 0 Å². The van der Waals surface area contributed by atoms with Crippen LogP contribution in [0.4, 0.5) is 5.95 Å². The summed E-state index contributed by atoms with van der Waals surface area (Å²) < 4.78 is 2.19. The van der Waals surface area contributed by atoms with E-state index in [-0.39, 0.29) is 37.0 Å². The van der Waals surface area contributed by atoms with Crippen LogP contribution in [0.25, 0.3) is 10.9 Å². The summed E-state index contributed by atoms with van der Waals surface area (Å²) in [6.07, 6.45) is 10.00. The average Bonchev–Trinajstić information content (AvgIpc) is 3.20. The first kappa shape index (κ1) is 27.7. The van der Waals surface area contributed by atoms with Crippen LogP contribution < -0.4 is 15.7 Å². The Morgan fingerprint density at radius 1 is 1.23 bits per heavy atom. The van der Waals surface area contributed by atoms with Crippen LogP contribution in [0.15, 0.2) is 42.9 Å². The number of aromatic nitrogens is 3. The molecule has 0 radical (unpaired) electrons. The summed E-state index contributed by atoms with van der Waals surface area (Å²) in [6.45, 7) is 9.04. The monoisotopic (exact) mass is 700 g/mol. The fourth-order valence-electron chi connectivity index (χ4n) is 4.36. The molecule has 1 saturated heterocycles. The van der Waals surface area contributed by atoms with Gasteiger partial charge in [0.25, 0.3) is 5.91 Å². The molecule has 0 saturated carbocycles. The van der Waals surface area contributed by atoms with E-state index in [2.05, 4.69) is 74.7 Å². The van der Waals surface area contributed by atoms with Gasteiger partial charge in [-0.1, -0.05) is 18.2 Å². The van der Waals surface area contributed by atoms with Gasteiger partial charge in [-0.05, 0) is 36.9 Å². The summed E-state index contributed by atoms with van der Waals surface area (Å²) in [4.78, 5) is 28.2. The van der Waals surface area contributed by atoms with E-state index in [1.165, 1.54) is 16.5 Å². The molecule has 1 aliphatic rings. The van der Waals surface area contributed by atoms with Gasteiger partial charge in [-0.15, -0.1) is 6.42 Å². The number of benzene rings is 1. The van der Waals surface area contributed by atoms with E-state index in [0.717, 1.165) is 58.3 Å². The van der Waals surface area contributed by atoms with Gasteiger partial charge in [0.1, 0.15) is 0 Å². The molecule has 3 aromatic rings. The molecule has 0 aliphatic carbocycles. The predicted molar refractivity (Wildman–Crippen MR) is 134 cm³/mol. The molecule has 1 fully saturated rings. The van der Waals surface area contributed by atoms with Crippen molar-refractivity contribution < 1.29 is 40.7 Å². The maximum Gasteiger partial charge on any atom is 2.00 e. The molecule has 0 unspecified atom stereocenters. The van der Waals surface area contributed by atoms with Crippen LogP contribution in [-0.4, -0.2) is 40.1 Å². The Morgan fingerprint density at radius 3 is 2.71 bits per heavy atom. The Balaban J connectivity index is 0.00000342. The largest absolute Gasteiger partial charge is 2.00 e. The number of nitrogens with one attached hydrogen (secondary N) is 2. The Labute approximate surface area is 231 Å². The van der Waals surface area contributed by atoms with E-state index >= 15 is 0 Å². The van der Waals surface area contributed by atoms with Gasteiger partial charge < -0.3 is 26.5 Å². The maximum absolute atomic E-state index is 12.1. The smallest absolute Gasteiger partial charge is 0.448 e. The standard InChI is InChI=1S/C26H34N6O2.U/c1-3-4-7-14-34-30-25(33)21-17-28-26(29-18-21)32-12-10-20(11-13-32)15-27-16-22-19-31(2)24-9-6-5-8-23(22)24;/h5-6,8-9,14,17-20,27H,1,3-4,7,10-13,15-16H2,2H3,(H,30,33);/q-2;+2. The number of amides is 1. The van der Waals surface area contributed by atoms with Crippen LogP contribution in [0, 0.1) is 50.6 Å². The van der Waals surface area contributed by atoms with Crippen molar-refractivity contribution in [1.82, 2.24) is 25.3 Å². The first-order valence-electron chi connectivity index (χ1n) is 12.0. The molecule has 0 atom stereocenters. The molecule has 8 nitrogen and oxygen atoms in total. The van der Waals surface area contributed by atoms with E-state index in [9.17, 15) is 4.79 Å². The molecule has 1 aromatic carbocycles. The summed E-state index contributed by atoms with van der Waals surface area (Å²) in [7, 11) is 2.10. The van der Waals surface area contributed by atoms with Gasteiger partial charge >= 0.3 is 31.1 Å². The van der Waals surface area contributed by atoms with Crippen molar-refractivity contribution in [2.24, 2.45) is 13.0 Å². The minimum atomic E-state index is -0.353. The van der Waals surface area contributed by atoms with Crippen molar-refractivity contribution in [2.75, 3.05) is 24.5 Å². The predicted octanol–water partition coefficient (Wildman–Crippen LogP) is 3.80. The van der Waals surface area contributed by atoms with Gasteiger partial charge in [-0.3, -0.25) is 10.3 Å². The maximum atomic E-state index is 12.1. The molecule has 1 aliphatic heterocycles. The average molecular weight is 701 g/mol. The molecule has 0 spiro atoms. The van der Waals surface area contributed by atoms with Crippen LogP contribution >= 0.6 is 0 Å². The van der Waals surface area contributed by atoms with Crippen molar-refractivity contribution in [3.8, 4) is 0 Å². The second kappa shape index (κ2) is 14.0. The molecule has 35 heavy (non-hydrogen) atoms. The first-order valence-corrected chi connectivity index (χ1v) is 12.0. The third kappa shape index (κ3) is 7.53. The van der Waals surface area contributed by atoms with Gasteiger partial charge in [0.05, 0.1) is 5.56 Å². The van der Waals surface area contributed by atoms with Crippen LogP contribution in [0.3, 0.4) is 0 Å². The van der Waals surface area contributed by atoms with Gasteiger partial charge in [-0.25, -0.2) is 9.97 Å². The van der Waals surface area contributed by atoms with E-state index < -0.39 is 0 Å². The van der Waals surface area contributed by atoms with Crippen LogP contribution in [0.2, 0.25) is 0 Å². The minimum Gasteiger partial charge on any atom is -0.448 e. The Kier molecular flexibility index (Phi) is 11.1. The summed E-state index contributed by atoms with van der Waals surface area (Å²) in [5.41, 5.74) is 5.38. The number of nitrogens with zero attached hydrogens (tertiary/aromatic N) is 4. The zero-order valence-electron chi connectivity index (χ0n) is 20.4. The molecular weight excluding hydrogens is 666 g/mol. The van der Waals surface area contributed by atoms with Crippen LogP contribution in [0.5, 0.6) is 0 Å². The van der Waals surface area contributed by atoms with Crippen molar-refractivity contribution in [3.05, 3.63) is 67.5 Å². The molecule has 2 N–H and O–H groups in total. The number of para-hydroxylation sites is 1. The molecule has 9 heteroatoms. The Bertz CT molecular complexity index is 1060. The van der Waals surface area contributed by atoms with E-state index in [1.807, 2.05) is 0 Å². The number of hydrogen-bond donors (Lipinski definition) is 2. The van der Waals surface area contributed by atoms with Crippen LogP contribution in [0.1, 0.15) is 48.0 Å². The van der Waals surface area contributed by atoms with Crippen molar-refractivity contribution in [1.29, 1.82) is 0 Å². The summed E-state index contributed by atoms with van der Waals surface area (Å²) in [5.74, 6) is 0.947. The third-order valence-corrected chi connectivity index (χ3v) is 6.33. The number of hydrogen-bond acceptors (Lipinski definition) is 6. The second-order valence-electron chi connectivity index (χ2n) is 8.83. The van der Waals surface area contributed by atoms with Crippen LogP contribution in [-0.2, 0) is 18.4 Å². The molecule has 4 rings (SSSR count). The zero-order chi connectivity index (χ0) is 23.8. The zero-order valence-corrected chi connectivity index (χ0v) is 24.5. The first-order chi connectivity index (χ1) is 16.7. The molecule has 0 bridgehead atoms. The topological polar surface area (TPSA) is 84.3 Å². The van der Waals surface area contributed by atoms with E-state index in [1.54, 1.807) is 19.0 Å². The number of hydroxylamine groups is 1. The number of carbonyl (C=O) groups is 1. The number of unbranched alkanes of at least 4 members (excludes halogenated alkanes) is 2. The number of rotatable bonds is 11. The fourth-order valence-corrected chi connectivity index (χ4v) is 4.36. The molecule has 184 valence electrons. The SMILES string of the molecule is [CH2-]CCC[CH-]ONC(=O)c1cnc(N2CCC(CNCc3cn(C)c4ccccc34)CC2)nc1.[U+2]. The molecular formula is C26H34N6O2U. The third-order valence-electron chi connectivity index (χ3n) is 6.33. The summed E-state index contributed by atoms with van der Waals surface area (Å²) >= 11 is 0. The second-order valence-corrected chi connectivity index (χ2v) is 8.83. The minimum absolute atomic E-state index is 0. The van der Waals surface area contributed by atoms with Crippen molar-refractivity contribution >= 4 is 22.8 Å². The Morgan fingerprint density at radius 2 is 1.97 bits per heavy atom. The van der Waals surface area contributed by atoms with Crippen molar-refractivity contribution in [3.63, 3.8) is 0 Å². The fraction of sp³-hybridized carbons (Fsp3) is 0.423. The number of carbonyl (C=O) groups excluding carboxylic acids is 1. The number of fused-ring (bicyclic) bond motifs is 1. The van der Waals surface area contributed by atoms with Crippen molar-refractivity contribution in [2.45, 2.75) is 38.6 Å².